The van der Waals surface area contributed by atoms with E-state index in [0.717, 1.165) is 72.3 Å². The molecule has 1 N–H and O–H groups in total. The van der Waals surface area contributed by atoms with E-state index in [1.165, 1.54) is 10.8 Å². The van der Waals surface area contributed by atoms with Crippen LogP contribution in [0.1, 0.15) is 22.9 Å². The number of benzene rings is 7. The molecule has 1 atom stereocenters. The predicted octanol–water partition coefficient (Wildman–Crippen LogP) is 10.8. The van der Waals surface area contributed by atoms with Gasteiger partial charge in [0.25, 0.3) is 0 Å². The second-order valence-electron chi connectivity index (χ2n) is 12.7. The van der Waals surface area contributed by atoms with Crippen LogP contribution < -0.4 is 5.32 Å². The molecule has 0 bridgehead atoms. The Balaban J connectivity index is 1.15. The molecule has 7 aromatic carbocycles. The quantitative estimate of drug-likeness (QED) is 0.203. The summed E-state index contributed by atoms with van der Waals surface area (Å²) >= 11 is 0. The minimum atomic E-state index is -0.365. The summed E-state index contributed by atoms with van der Waals surface area (Å²) < 4.78 is 8.88. The van der Waals surface area contributed by atoms with Gasteiger partial charge in [-0.2, -0.15) is 0 Å². The molecule has 0 amide bonds. The SMILES string of the molecule is c1ccc(C2=NC(c3ccc4c5ccccc5n(-c5cccc6c5oc5ccccc56)c4c3)NC(c3cccc(-c4ccccc4)c3)=N2)cc1. The van der Waals surface area contributed by atoms with Crippen molar-refractivity contribution < 1.29 is 4.42 Å². The van der Waals surface area contributed by atoms with Crippen LogP contribution in [0.4, 0.5) is 0 Å². The maximum absolute atomic E-state index is 6.55. The van der Waals surface area contributed by atoms with Gasteiger partial charge in [-0.05, 0) is 47.0 Å². The van der Waals surface area contributed by atoms with E-state index >= 15 is 0 Å². The van der Waals surface area contributed by atoms with Crippen LogP contribution in [0.5, 0.6) is 0 Å². The molecule has 9 aromatic rings. The molecule has 0 saturated heterocycles. The summed E-state index contributed by atoms with van der Waals surface area (Å²) in [4.78, 5) is 10.3. The van der Waals surface area contributed by atoms with Gasteiger partial charge >= 0.3 is 0 Å². The molecule has 10 rings (SSSR count). The zero-order chi connectivity index (χ0) is 33.0. The summed E-state index contributed by atoms with van der Waals surface area (Å²) in [6.07, 6.45) is -0.365. The van der Waals surface area contributed by atoms with Crippen molar-refractivity contribution >= 4 is 55.4 Å². The van der Waals surface area contributed by atoms with Gasteiger partial charge in [-0.1, -0.05) is 140 Å². The summed E-state index contributed by atoms with van der Waals surface area (Å²) in [6, 6.07) is 59.1. The number of hydrogen-bond donors (Lipinski definition) is 1. The first-order valence-electron chi connectivity index (χ1n) is 16.9. The van der Waals surface area contributed by atoms with E-state index in [4.69, 9.17) is 14.4 Å². The van der Waals surface area contributed by atoms with E-state index in [1.54, 1.807) is 0 Å². The van der Waals surface area contributed by atoms with Crippen LogP contribution in [0.25, 0.3) is 60.6 Å². The summed E-state index contributed by atoms with van der Waals surface area (Å²) in [5.74, 6) is 1.48. The highest BCUT2D eigenvalue weighted by atomic mass is 16.3. The minimum Gasteiger partial charge on any atom is -0.454 e. The lowest BCUT2D eigenvalue weighted by molar-refractivity contribution is 0.666. The van der Waals surface area contributed by atoms with Crippen LogP contribution in [0.2, 0.25) is 0 Å². The molecule has 2 aromatic heterocycles. The fourth-order valence-corrected chi connectivity index (χ4v) is 7.29. The fraction of sp³-hybridized carbons (Fsp3) is 0.0222. The first-order chi connectivity index (χ1) is 24.8. The zero-order valence-electron chi connectivity index (χ0n) is 27.0. The van der Waals surface area contributed by atoms with Crippen LogP contribution >= 0.6 is 0 Å². The second kappa shape index (κ2) is 11.5. The highest BCUT2D eigenvalue weighted by Crippen LogP contribution is 2.39. The van der Waals surface area contributed by atoms with Crippen molar-refractivity contribution in [3.8, 4) is 16.8 Å². The Morgan fingerprint density at radius 1 is 0.500 bits per heavy atom. The number of aromatic nitrogens is 1. The van der Waals surface area contributed by atoms with Crippen LogP contribution in [-0.2, 0) is 0 Å². The number of aliphatic imine (C=N–C) groups is 2. The van der Waals surface area contributed by atoms with E-state index in [-0.39, 0.29) is 6.17 Å². The number of rotatable bonds is 5. The molecule has 5 heteroatoms. The lowest BCUT2D eigenvalue weighted by Crippen LogP contribution is -2.33. The highest BCUT2D eigenvalue weighted by Gasteiger charge is 2.24. The molecular formula is C45H30N4O. The van der Waals surface area contributed by atoms with Crippen LogP contribution in [-0.4, -0.2) is 16.2 Å². The molecule has 1 aliphatic rings. The Bertz CT molecular complexity index is 2790. The standard InChI is InChI=1S/C45H30N4O/c1-3-13-29(14-4-1)31-17-11-18-32(27-31)44-46-43(30-15-5-2-6-16-30)47-45(48-44)33-25-26-35-34-19-7-9-22-38(34)49(40(35)28-33)39-23-12-21-37-36-20-8-10-24-41(36)50-42(37)39/h1-28,45H,(H,46,47,48). The second-order valence-corrected chi connectivity index (χ2v) is 12.7. The third kappa shape index (κ3) is 4.63. The number of fused-ring (bicyclic) bond motifs is 6. The van der Waals surface area contributed by atoms with Gasteiger partial charge < -0.3 is 14.3 Å². The third-order valence-corrected chi connectivity index (χ3v) is 9.66. The topological polar surface area (TPSA) is 54.8 Å². The number of nitrogens with zero attached hydrogens (tertiary/aromatic N) is 3. The molecule has 1 unspecified atom stereocenters. The van der Waals surface area contributed by atoms with Gasteiger partial charge in [0.2, 0.25) is 0 Å². The number of para-hydroxylation sites is 3. The highest BCUT2D eigenvalue weighted by molar-refractivity contribution is 6.14. The number of hydrogen-bond acceptors (Lipinski definition) is 4. The van der Waals surface area contributed by atoms with Crippen LogP contribution in [0.15, 0.2) is 184 Å². The average Bonchev–Trinajstić information content (AvgIpc) is 3.74. The largest absolute Gasteiger partial charge is 0.454 e. The van der Waals surface area contributed by atoms with Gasteiger partial charge in [0.15, 0.2) is 11.4 Å². The molecule has 236 valence electrons. The lowest BCUT2D eigenvalue weighted by atomic mass is 10.0. The van der Waals surface area contributed by atoms with Crippen molar-refractivity contribution in [3.63, 3.8) is 0 Å². The number of furan rings is 1. The monoisotopic (exact) mass is 642 g/mol. The van der Waals surface area contributed by atoms with Crippen molar-refractivity contribution in [3.05, 3.63) is 187 Å². The zero-order valence-corrected chi connectivity index (χ0v) is 27.0. The Labute approximate surface area is 288 Å². The van der Waals surface area contributed by atoms with Gasteiger partial charge in [0.1, 0.15) is 17.6 Å². The van der Waals surface area contributed by atoms with Crippen molar-refractivity contribution in [2.75, 3.05) is 0 Å². The van der Waals surface area contributed by atoms with Gasteiger partial charge in [0.05, 0.1) is 16.7 Å². The number of nitrogens with one attached hydrogen (secondary N) is 1. The molecule has 3 heterocycles. The van der Waals surface area contributed by atoms with Gasteiger partial charge in [0, 0.05) is 32.7 Å². The molecule has 50 heavy (non-hydrogen) atoms. The van der Waals surface area contributed by atoms with Crippen LogP contribution in [0, 0.1) is 0 Å². The smallest absolute Gasteiger partial charge is 0.159 e. The fourth-order valence-electron chi connectivity index (χ4n) is 7.29. The number of amidine groups is 2. The van der Waals surface area contributed by atoms with E-state index in [9.17, 15) is 0 Å². The summed E-state index contributed by atoms with van der Waals surface area (Å²) in [7, 11) is 0. The molecule has 0 fully saturated rings. The normalized spacial score (nSPS) is 14.6. The molecule has 5 nitrogen and oxygen atoms in total. The first-order valence-corrected chi connectivity index (χ1v) is 16.9. The molecule has 0 saturated carbocycles. The van der Waals surface area contributed by atoms with E-state index in [1.807, 2.05) is 36.4 Å². The third-order valence-electron chi connectivity index (χ3n) is 9.66. The Morgan fingerprint density at radius 2 is 1.16 bits per heavy atom. The first kappa shape index (κ1) is 28.3. The van der Waals surface area contributed by atoms with E-state index in [0.29, 0.717) is 5.84 Å². The van der Waals surface area contributed by atoms with Gasteiger partial charge in [-0.15, -0.1) is 0 Å². The maximum Gasteiger partial charge on any atom is 0.159 e. The van der Waals surface area contributed by atoms with Crippen molar-refractivity contribution in [1.82, 2.24) is 9.88 Å². The summed E-state index contributed by atoms with van der Waals surface area (Å²) in [5.41, 5.74) is 10.3. The molecule has 0 aliphatic carbocycles. The summed E-state index contributed by atoms with van der Waals surface area (Å²) in [5, 5.41) is 8.28. The maximum atomic E-state index is 6.55. The predicted molar refractivity (Wildman–Crippen MR) is 205 cm³/mol. The summed E-state index contributed by atoms with van der Waals surface area (Å²) in [6.45, 7) is 0. The van der Waals surface area contributed by atoms with Crippen LogP contribution in [0.3, 0.4) is 0 Å². The molecule has 1 aliphatic heterocycles. The Kier molecular flexibility index (Phi) is 6.49. The van der Waals surface area contributed by atoms with E-state index < -0.39 is 0 Å². The minimum absolute atomic E-state index is 0.365. The lowest BCUT2D eigenvalue weighted by Gasteiger charge is -2.24. The van der Waals surface area contributed by atoms with Crippen molar-refractivity contribution in [1.29, 1.82) is 0 Å². The average molecular weight is 643 g/mol. The molecular weight excluding hydrogens is 613 g/mol. The molecule has 0 radical (unpaired) electrons. The van der Waals surface area contributed by atoms with Crippen molar-refractivity contribution in [2.45, 2.75) is 6.17 Å². The Morgan fingerprint density at radius 3 is 2.02 bits per heavy atom. The van der Waals surface area contributed by atoms with Gasteiger partial charge in [-0.3, -0.25) is 0 Å². The van der Waals surface area contributed by atoms with Crippen molar-refractivity contribution in [2.24, 2.45) is 9.98 Å². The Hall–Kier alpha value is -6.72. The van der Waals surface area contributed by atoms with Gasteiger partial charge in [-0.25, -0.2) is 9.98 Å². The molecule has 0 spiro atoms. The van der Waals surface area contributed by atoms with E-state index in [2.05, 4.69) is 143 Å².